The molecule has 0 saturated heterocycles. The van der Waals surface area contributed by atoms with E-state index in [1.54, 1.807) is 0 Å². The van der Waals surface area contributed by atoms with Crippen LogP contribution in [0.4, 0.5) is 0 Å². The van der Waals surface area contributed by atoms with E-state index in [1.165, 1.54) is 4.68 Å². The largest absolute Gasteiger partial charge is 0.442 e. The molecule has 0 saturated carbocycles. The van der Waals surface area contributed by atoms with Crippen molar-refractivity contribution in [2.75, 3.05) is 0 Å². The van der Waals surface area contributed by atoms with Crippen LogP contribution < -0.4 is 11.5 Å². The van der Waals surface area contributed by atoms with E-state index in [0.29, 0.717) is 5.69 Å². The van der Waals surface area contributed by atoms with Crippen molar-refractivity contribution in [3.63, 3.8) is 0 Å². The first-order chi connectivity index (χ1) is 7.60. The summed E-state index contributed by atoms with van der Waals surface area (Å²) in [5.41, 5.74) is 8.20. The van der Waals surface area contributed by atoms with Gasteiger partial charge >= 0.3 is 5.76 Å². The molecule has 2 aromatic rings. The number of benzene rings is 1. The summed E-state index contributed by atoms with van der Waals surface area (Å²) in [5.74, 6) is -0.269. The van der Waals surface area contributed by atoms with Crippen LogP contribution >= 0.6 is 0 Å². The van der Waals surface area contributed by atoms with E-state index in [9.17, 15) is 4.79 Å². The average Bonchev–Trinajstić information content (AvgIpc) is 2.58. The number of aromatic nitrogens is 2. The van der Waals surface area contributed by atoms with Crippen LogP contribution in [0.5, 0.6) is 0 Å². The topological polar surface area (TPSA) is 74.1 Å². The molecule has 0 spiro atoms. The SMILES string of the molecule is Cc1cc(C)cc(-n2nc(CN)oc2=O)c1. The highest BCUT2D eigenvalue weighted by Gasteiger charge is 2.08. The Hall–Kier alpha value is -1.88. The molecule has 0 unspecified atom stereocenters. The van der Waals surface area contributed by atoms with Crippen molar-refractivity contribution in [3.8, 4) is 5.69 Å². The third-order valence-electron chi connectivity index (χ3n) is 2.22. The van der Waals surface area contributed by atoms with Crippen molar-refractivity contribution in [2.24, 2.45) is 5.73 Å². The van der Waals surface area contributed by atoms with Crippen LogP contribution in [0.25, 0.3) is 5.69 Å². The van der Waals surface area contributed by atoms with Gasteiger partial charge in [-0.3, -0.25) is 0 Å². The Bertz CT molecular complexity index is 549. The molecular formula is C11H13N3O2. The van der Waals surface area contributed by atoms with E-state index in [2.05, 4.69) is 5.10 Å². The standard InChI is InChI=1S/C11H13N3O2/c1-7-3-8(2)5-9(4-7)14-11(15)16-10(6-12)13-14/h3-5H,6,12H2,1-2H3. The number of hydrogen-bond donors (Lipinski definition) is 1. The quantitative estimate of drug-likeness (QED) is 0.814. The van der Waals surface area contributed by atoms with Gasteiger partial charge in [0.15, 0.2) is 0 Å². The molecular weight excluding hydrogens is 206 g/mol. The van der Waals surface area contributed by atoms with Gasteiger partial charge in [-0.25, -0.2) is 4.79 Å². The summed E-state index contributed by atoms with van der Waals surface area (Å²) in [4.78, 5) is 11.5. The highest BCUT2D eigenvalue weighted by Crippen LogP contribution is 2.11. The first-order valence-corrected chi connectivity index (χ1v) is 4.98. The van der Waals surface area contributed by atoms with Crippen LogP contribution in [0.15, 0.2) is 27.4 Å². The van der Waals surface area contributed by atoms with E-state index in [0.717, 1.165) is 11.1 Å². The van der Waals surface area contributed by atoms with Crippen molar-refractivity contribution in [3.05, 3.63) is 45.8 Å². The molecule has 5 nitrogen and oxygen atoms in total. The number of hydrogen-bond acceptors (Lipinski definition) is 4. The molecule has 5 heteroatoms. The van der Waals surface area contributed by atoms with Gasteiger partial charge < -0.3 is 10.2 Å². The second kappa shape index (κ2) is 3.94. The highest BCUT2D eigenvalue weighted by atomic mass is 16.4. The molecule has 0 aliphatic heterocycles. The fraction of sp³-hybridized carbons (Fsp3) is 0.273. The minimum Gasteiger partial charge on any atom is -0.391 e. The third kappa shape index (κ3) is 1.90. The van der Waals surface area contributed by atoms with Crippen LogP contribution in [0.2, 0.25) is 0 Å². The maximum atomic E-state index is 11.5. The van der Waals surface area contributed by atoms with Gasteiger partial charge in [-0.2, -0.15) is 4.68 Å². The summed E-state index contributed by atoms with van der Waals surface area (Å²) in [7, 11) is 0. The van der Waals surface area contributed by atoms with Gasteiger partial charge in [0, 0.05) is 0 Å². The van der Waals surface area contributed by atoms with E-state index < -0.39 is 5.76 Å². The Morgan fingerprint density at radius 1 is 1.31 bits per heavy atom. The number of rotatable bonds is 2. The van der Waals surface area contributed by atoms with Crippen LogP contribution in [0.1, 0.15) is 17.0 Å². The molecule has 2 rings (SSSR count). The maximum absolute atomic E-state index is 11.5. The highest BCUT2D eigenvalue weighted by molar-refractivity contribution is 5.38. The van der Waals surface area contributed by atoms with Crippen LogP contribution in [0, 0.1) is 13.8 Å². The predicted octanol–water partition coefficient (Wildman–Crippen LogP) is 0.901. The summed E-state index contributed by atoms with van der Waals surface area (Å²) >= 11 is 0. The normalized spacial score (nSPS) is 10.7. The Kier molecular flexibility index (Phi) is 2.62. The zero-order valence-electron chi connectivity index (χ0n) is 9.23. The third-order valence-corrected chi connectivity index (χ3v) is 2.22. The minimum absolute atomic E-state index is 0.118. The molecule has 16 heavy (non-hydrogen) atoms. The van der Waals surface area contributed by atoms with Crippen molar-refractivity contribution in [1.29, 1.82) is 0 Å². The number of aryl methyl sites for hydroxylation is 2. The number of nitrogens with two attached hydrogens (primary N) is 1. The first-order valence-electron chi connectivity index (χ1n) is 4.98. The lowest BCUT2D eigenvalue weighted by Gasteiger charge is -2.02. The van der Waals surface area contributed by atoms with E-state index in [4.69, 9.17) is 10.2 Å². The predicted molar refractivity (Wildman–Crippen MR) is 59.5 cm³/mol. The molecule has 0 radical (unpaired) electrons. The van der Waals surface area contributed by atoms with Gasteiger partial charge in [0.1, 0.15) is 0 Å². The lowest BCUT2D eigenvalue weighted by molar-refractivity contribution is 0.460. The van der Waals surface area contributed by atoms with Crippen molar-refractivity contribution < 1.29 is 4.42 Å². The van der Waals surface area contributed by atoms with Gasteiger partial charge in [-0.05, 0) is 37.1 Å². The molecule has 1 aromatic heterocycles. The average molecular weight is 219 g/mol. The second-order valence-corrected chi connectivity index (χ2v) is 3.72. The van der Waals surface area contributed by atoms with E-state index >= 15 is 0 Å². The van der Waals surface area contributed by atoms with Crippen molar-refractivity contribution >= 4 is 0 Å². The molecule has 1 aromatic carbocycles. The Labute approximate surface area is 92.5 Å². The smallest absolute Gasteiger partial charge is 0.391 e. The van der Waals surface area contributed by atoms with Crippen LogP contribution in [0.3, 0.4) is 0 Å². The molecule has 0 bridgehead atoms. The fourth-order valence-electron chi connectivity index (χ4n) is 1.64. The number of nitrogens with zero attached hydrogens (tertiary/aromatic N) is 2. The van der Waals surface area contributed by atoms with Gasteiger partial charge in [0.05, 0.1) is 12.2 Å². The lowest BCUT2D eigenvalue weighted by atomic mass is 10.1. The Morgan fingerprint density at radius 2 is 1.94 bits per heavy atom. The van der Waals surface area contributed by atoms with E-state index in [1.807, 2.05) is 32.0 Å². The van der Waals surface area contributed by atoms with Crippen molar-refractivity contribution in [2.45, 2.75) is 20.4 Å². The molecule has 0 fully saturated rings. The molecule has 1 heterocycles. The molecule has 0 aliphatic rings. The van der Waals surface area contributed by atoms with E-state index in [-0.39, 0.29) is 12.4 Å². The first kappa shape index (κ1) is 10.6. The van der Waals surface area contributed by atoms with Crippen LogP contribution in [-0.2, 0) is 6.54 Å². The summed E-state index contributed by atoms with van der Waals surface area (Å²) in [6.45, 7) is 4.05. The summed E-state index contributed by atoms with van der Waals surface area (Å²) < 4.78 is 6.09. The summed E-state index contributed by atoms with van der Waals surface area (Å²) in [6.07, 6.45) is 0. The molecule has 0 amide bonds. The Balaban J connectivity index is 2.57. The minimum atomic E-state index is -0.509. The monoisotopic (exact) mass is 219 g/mol. The summed E-state index contributed by atoms with van der Waals surface area (Å²) in [5, 5.41) is 3.99. The molecule has 0 aliphatic carbocycles. The molecule has 84 valence electrons. The van der Waals surface area contributed by atoms with Crippen molar-refractivity contribution in [1.82, 2.24) is 9.78 Å². The zero-order valence-corrected chi connectivity index (χ0v) is 9.23. The summed E-state index contributed by atoms with van der Waals surface area (Å²) in [6, 6.07) is 5.77. The fourth-order valence-corrected chi connectivity index (χ4v) is 1.64. The van der Waals surface area contributed by atoms with Crippen LogP contribution in [-0.4, -0.2) is 9.78 Å². The lowest BCUT2D eigenvalue weighted by Crippen LogP contribution is -2.13. The molecule has 0 atom stereocenters. The van der Waals surface area contributed by atoms with Gasteiger partial charge in [-0.15, -0.1) is 5.10 Å². The van der Waals surface area contributed by atoms with Gasteiger partial charge in [0.2, 0.25) is 5.89 Å². The zero-order chi connectivity index (χ0) is 11.7. The van der Waals surface area contributed by atoms with Gasteiger partial charge in [-0.1, -0.05) is 6.07 Å². The maximum Gasteiger partial charge on any atom is 0.442 e. The second-order valence-electron chi connectivity index (χ2n) is 3.72. The molecule has 2 N–H and O–H groups in total. The van der Waals surface area contributed by atoms with Gasteiger partial charge in [0.25, 0.3) is 0 Å². The Morgan fingerprint density at radius 3 is 2.44 bits per heavy atom.